The average molecular weight is 270 g/mol. The lowest BCUT2D eigenvalue weighted by Crippen LogP contribution is -2.18. The quantitative estimate of drug-likeness (QED) is 0.907. The van der Waals surface area contributed by atoms with Crippen molar-refractivity contribution in [1.29, 1.82) is 0 Å². The van der Waals surface area contributed by atoms with Crippen molar-refractivity contribution in [2.45, 2.75) is 51.2 Å². The lowest BCUT2D eigenvalue weighted by Gasteiger charge is -2.13. The molecule has 1 aliphatic carbocycles. The molecule has 1 unspecified atom stereocenters. The maximum absolute atomic E-state index is 4.70. The van der Waals surface area contributed by atoms with Gasteiger partial charge < -0.3 is 5.32 Å². The Kier molecular flexibility index (Phi) is 4.11. The normalized spacial score (nSPS) is 17.4. The Morgan fingerprint density at radius 3 is 2.75 bits per heavy atom. The van der Waals surface area contributed by atoms with E-state index in [1.165, 1.54) is 31.2 Å². The van der Waals surface area contributed by atoms with Crippen LogP contribution in [0.5, 0.6) is 0 Å². The first-order valence-electron chi connectivity index (χ1n) is 7.50. The van der Waals surface area contributed by atoms with Crippen molar-refractivity contribution in [2.24, 2.45) is 0 Å². The molecule has 2 aromatic heterocycles. The largest absolute Gasteiger partial charge is 0.304 e. The minimum Gasteiger partial charge on any atom is -0.304 e. The van der Waals surface area contributed by atoms with Crippen LogP contribution in [0.25, 0.3) is 0 Å². The Bertz CT molecular complexity index is 528. The maximum atomic E-state index is 4.70. The van der Waals surface area contributed by atoms with Gasteiger partial charge in [0.25, 0.3) is 0 Å². The van der Waals surface area contributed by atoms with Crippen molar-refractivity contribution in [1.82, 2.24) is 20.1 Å². The second-order valence-corrected chi connectivity index (χ2v) is 5.61. The first-order valence-corrected chi connectivity index (χ1v) is 7.50. The number of hydrogen-bond donors (Lipinski definition) is 1. The zero-order chi connectivity index (χ0) is 13.8. The van der Waals surface area contributed by atoms with Gasteiger partial charge in [-0.3, -0.25) is 9.67 Å². The summed E-state index contributed by atoms with van der Waals surface area (Å²) in [6, 6.07) is 7.17. The molecule has 1 N–H and O–H groups in total. The minimum absolute atomic E-state index is 0.314. The molecule has 1 saturated carbocycles. The molecule has 2 aromatic rings. The highest BCUT2D eigenvalue weighted by atomic mass is 15.3. The number of hydrogen-bond acceptors (Lipinski definition) is 3. The lowest BCUT2D eigenvalue weighted by molar-refractivity contribution is 0.458. The second-order valence-electron chi connectivity index (χ2n) is 5.61. The van der Waals surface area contributed by atoms with Crippen LogP contribution in [0.3, 0.4) is 0 Å². The van der Waals surface area contributed by atoms with Gasteiger partial charge in [0, 0.05) is 31.2 Å². The summed E-state index contributed by atoms with van der Waals surface area (Å²) in [6.45, 7) is 2.98. The monoisotopic (exact) mass is 270 g/mol. The SMILES string of the molecule is CC(NCc1ccn(C2CCCC2)n1)c1ccncc1. The van der Waals surface area contributed by atoms with E-state index in [1.807, 2.05) is 12.4 Å². The van der Waals surface area contributed by atoms with E-state index < -0.39 is 0 Å². The van der Waals surface area contributed by atoms with Crippen LogP contribution in [0.4, 0.5) is 0 Å². The molecular formula is C16H22N4. The van der Waals surface area contributed by atoms with Crippen LogP contribution in [0.2, 0.25) is 0 Å². The summed E-state index contributed by atoms with van der Waals surface area (Å²) in [5.41, 5.74) is 2.38. The molecule has 4 heteroatoms. The van der Waals surface area contributed by atoms with Crippen LogP contribution >= 0.6 is 0 Å². The lowest BCUT2D eigenvalue weighted by atomic mass is 10.1. The highest BCUT2D eigenvalue weighted by molar-refractivity contribution is 5.14. The van der Waals surface area contributed by atoms with E-state index in [1.54, 1.807) is 0 Å². The number of aromatic nitrogens is 3. The van der Waals surface area contributed by atoms with E-state index in [-0.39, 0.29) is 0 Å². The average Bonchev–Trinajstić information content (AvgIpc) is 3.16. The molecule has 0 amide bonds. The van der Waals surface area contributed by atoms with Gasteiger partial charge in [-0.25, -0.2) is 0 Å². The summed E-state index contributed by atoms with van der Waals surface area (Å²) in [6.07, 6.45) is 11.0. The van der Waals surface area contributed by atoms with E-state index in [4.69, 9.17) is 5.10 Å². The predicted octanol–water partition coefficient (Wildman–Crippen LogP) is 3.24. The standard InChI is InChI=1S/C16H22N4/c1-13(14-6-9-17-10-7-14)18-12-15-8-11-20(19-15)16-4-2-3-5-16/h6-11,13,16,18H,2-5,12H2,1H3. The fraction of sp³-hybridized carbons (Fsp3) is 0.500. The van der Waals surface area contributed by atoms with Crippen molar-refractivity contribution < 1.29 is 0 Å². The van der Waals surface area contributed by atoms with E-state index >= 15 is 0 Å². The van der Waals surface area contributed by atoms with Gasteiger partial charge in [0.15, 0.2) is 0 Å². The van der Waals surface area contributed by atoms with Crippen molar-refractivity contribution in [2.75, 3.05) is 0 Å². The van der Waals surface area contributed by atoms with E-state index in [9.17, 15) is 0 Å². The van der Waals surface area contributed by atoms with Crippen LogP contribution in [-0.4, -0.2) is 14.8 Å². The molecule has 0 bridgehead atoms. The molecule has 1 fully saturated rings. The van der Waals surface area contributed by atoms with E-state index in [0.717, 1.165) is 12.2 Å². The first-order chi connectivity index (χ1) is 9.83. The molecule has 0 spiro atoms. The number of rotatable bonds is 5. The molecule has 2 heterocycles. The molecule has 106 valence electrons. The highest BCUT2D eigenvalue weighted by Gasteiger charge is 2.17. The molecule has 0 aliphatic heterocycles. The van der Waals surface area contributed by atoms with E-state index in [2.05, 4.69) is 46.3 Å². The van der Waals surface area contributed by atoms with Crippen LogP contribution < -0.4 is 5.32 Å². The highest BCUT2D eigenvalue weighted by Crippen LogP contribution is 2.28. The van der Waals surface area contributed by atoms with Crippen molar-refractivity contribution >= 4 is 0 Å². The van der Waals surface area contributed by atoms with Gasteiger partial charge in [-0.15, -0.1) is 0 Å². The zero-order valence-electron chi connectivity index (χ0n) is 12.0. The molecule has 4 nitrogen and oxygen atoms in total. The summed E-state index contributed by atoms with van der Waals surface area (Å²) in [5.74, 6) is 0. The number of nitrogens with one attached hydrogen (secondary N) is 1. The van der Waals surface area contributed by atoms with Crippen molar-refractivity contribution in [3.05, 3.63) is 48.0 Å². The Balaban J connectivity index is 1.56. The summed E-state index contributed by atoms with van der Waals surface area (Å²) >= 11 is 0. The fourth-order valence-electron chi connectivity index (χ4n) is 2.87. The van der Waals surface area contributed by atoms with Gasteiger partial charge in [-0.05, 0) is 43.5 Å². The van der Waals surface area contributed by atoms with Gasteiger partial charge in [-0.2, -0.15) is 5.10 Å². The maximum Gasteiger partial charge on any atom is 0.0762 e. The fourth-order valence-corrected chi connectivity index (χ4v) is 2.87. The Labute approximate surface area is 120 Å². The van der Waals surface area contributed by atoms with Crippen LogP contribution in [-0.2, 0) is 6.54 Å². The van der Waals surface area contributed by atoms with E-state index in [0.29, 0.717) is 12.1 Å². The topological polar surface area (TPSA) is 42.7 Å². The third-order valence-electron chi connectivity index (χ3n) is 4.16. The third kappa shape index (κ3) is 3.07. The van der Waals surface area contributed by atoms with Gasteiger partial charge >= 0.3 is 0 Å². The summed E-state index contributed by atoms with van der Waals surface area (Å²) < 4.78 is 2.15. The summed E-state index contributed by atoms with van der Waals surface area (Å²) in [5, 5.41) is 8.22. The number of nitrogens with zero attached hydrogens (tertiary/aromatic N) is 3. The molecule has 1 atom stereocenters. The van der Waals surface area contributed by atoms with Crippen molar-refractivity contribution in [3.8, 4) is 0 Å². The second kappa shape index (κ2) is 6.18. The first kappa shape index (κ1) is 13.3. The molecule has 1 aliphatic rings. The van der Waals surface area contributed by atoms with Gasteiger partial charge in [0.2, 0.25) is 0 Å². The van der Waals surface area contributed by atoms with Crippen molar-refractivity contribution in [3.63, 3.8) is 0 Å². The van der Waals surface area contributed by atoms with Gasteiger partial charge in [-0.1, -0.05) is 12.8 Å². The Hall–Kier alpha value is -1.68. The third-order valence-corrected chi connectivity index (χ3v) is 4.16. The summed E-state index contributed by atoms with van der Waals surface area (Å²) in [7, 11) is 0. The number of pyridine rings is 1. The van der Waals surface area contributed by atoms with Crippen LogP contribution in [0.15, 0.2) is 36.8 Å². The van der Waals surface area contributed by atoms with Crippen LogP contribution in [0, 0.1) is 0 Å². The van der Waals surface area contributed by atoms with Crippen LogP contribution in [0.1, 0.15) is 55.9 Å². The van der Waals surface area contributed by atoms with Gasteiger partial charge in [0.05, 0.1) is 11.7 Å². The molecule has 0 radical (unpaired) electrons. The molecule has 3 rings (SSSR count). The minimum atomic E-state index is 0.314. The van der Waals surface area contributed by atoms with Gasteiger partial charge in [0.1, 0.15) is 0 Å². The smallest absolute Gasteiger partial charge is 0.0762 e. The molecular weight excluding hydrogens is 248 g/mol. The molecule has 0 aromatic carbocycles. The zero-order valence-corrected chi connectivity index (χ0v) is 12.0. The summed E-state index contributed by atoms with van der Waals surface area (Å²) in [4.78, 5) is 4.05. The molecule has 20 heavy (non-hydrogen) atoms. The molecule has 0 saturated heterocycles. The Morgan fingerprint density at radius 2 is 2.00 bits per heavy atom. The Morgan fingerprint density at radius 1 is 1.25 bits per heavy atom. The predicted molar refractivity (Wildman–Crippen MR) is 79.2 cm³/mol.